The molecule has 84 valence electrons. The molecule has 0 aromatic carbocycles. The lowest BCUT2D eigenvalue weighted by molar-refractivity contribution is 0.419. The van der Waals surface area contributed by atoms with E-state index in [1.54, 1.807) is 0 Å². The molecule has 0 spiro atoms. The molecular weight excluding hydrogens is 168 g/mol. The predicted octanol–water partition coefficient (Wildman–Crippen LogP) is 5.20. The van der Waals surface area contributed by atoms with Crippen molar-refractivity contribution in [1.82, 2.24) is 0 Å². The summed E-state index contributed by atoms with van der Waals surface area (Å²) in [5, 5.41) is 0. The van der Waals surface area contributed by atoms with Crippen molar-refractivity contribution >= 4 is 0 Å². The highest BCUT2D eigenvalue weighted by molar-refractivity contribution is 4.87. The molecule has 0 saturated carbocycles. The molecule has 2 atom stereocenters. The van der Waals surface area contributed by atoms with Gasteiger partial charge in [0.25, 0.3) is 0 Å². The third-order valence-electron chi connectivity index (χ3n) is 3.15. The molecule has 2 unspecified atom stereocenters. The summed E-state index contributed by atoms with van der Waals surface area (Å²) in [4.78, 5) is 0. The van der Waals surface area contributed by atoms with Gasteiger partial charge in [-0.2, -0.15) is 0 Å². The fraction of sp³-hybridized carbons (Fsp3) is 0.857. The van der Waals surface area contributed by atoms with Gasteiger partial charge in [-0.15, -0.1) is 6.58 Å². The number of hydrogen-bond donors (Lipinski definition) is 0. The molecule has 0 rings (SSSR count). The van der Waals surface area contributed by atoms with E-state index in [4.69, 9.17) is 0 Å². The first kappa shape index (κ1) is 13.7. The fourth-order valence-corrected chi connectivity index (χ4v) is 1.66. The SMILES string of the molecule is C=C(C)CCC(C)CCCC(C)CC. The standard InChI is InChI=1S/C14H28/c1-6-13(4)8-7-9-14(5)11-10-12(2)3/h13-14H,2,6-11H2,1,3-5H3. The van der Waals surface area contributed by atoms with Gasteiger partial charge in [0.1, 0.15) is 0 Å². The fourth-order valence-electron chi connectivity index (χ4n) is 1.66. The second-order valence-electron chi connectivity index (χ2n) is 5.05. The highest BCUT2D eigenvalue weighted by Gasteiger charge is 2.04. The van der Waals surface area contributed by atoms with Crippen molar-refractivity contribution < 1.29 is 0 Å². The summed E-state index contributed by atoms with van der Waals surface area (Å²) in [6.45, 7) is 13.1. The average Bonchev–Trinajstić information content (AvgIpc) is 2.14. The first-order chi connectivity index (χ1) is 6.56. The summed E-state index contributed by atoms with van der Waals surface area (Å²) in [7, 11) is 0. The van der Waals surface area contributed by atoms with Crippen molar-refractivity contribution in [3.8, 4) is 0 Å². The molecule has 0 aliphatic rings. The van der Waals surface area contributed by atoms with Gasteiger partial charge in [-0.1, -0.05) is 52.0 Å². The van der Waals surface area contributed by atoms with Crippen LogP contribution in [0.25, 0.3) is 0 Å². The molecule has 0 aliphatic heterocycles. The molecule has 0 N–H and O–H groups in total. The minimum absolute atomic E-state index is 0.885. The number of allylic oxidation sites excluding steroid dienone is 1. The third-order valence-corrected chi connectivity index (χ3v) is 3.15. The summed E-state index contributed by atoms with van der Waals surface area (Å²) >= 11 is 0. The van der Waals surface area contributed by atoms with Gasteiger partial charge in [0, 0.05) is 0 Å². The van der Waals surface area contributed by atoms with E-state index < -0.39 is 0 Å². The second kappa shape index (κ2) is 8.08. The molecular formula is C14H28. The topological polar surface area (TPSA) is 0 Å². The zero-order valence-electron chi connectivity index (χ0n) is 10.6. The van der Waals surface area contributed by atoms with Crippen LogP contribution in [0.15, 0.2) is 12.2 Å². The van der Waals surface area contributed by atoms with Crippen LogP contribution in [0.3, 0.4) is 0 Å². The number of hydrogen-bond acceptors (Lipinski definition) is 0. The van der Waals surface area contributed by atoms with Crippen molar-refractivity contribution in [1.29, 1.82) is 0 Å². The maximum Gasteiger partial charge on any atom is -0.0323 e. The van der Waals surface area contributed by atoms with E-state index >= 15 is 0 Å². The van der Waals surface area contributed by atoms with E-state index in [2.05, 4.69) is 34.3 Å². The Morgan fingerprint density at radius 3 is 2.14 bits per heavy atom. The first-order valence-electron chi connectivity index (χ1n) is 6.20. The average molecular weight is 196 g/mol. The van der Waals surface area contributed by atoms with Crippen LogP contribution in [0.5, 0.6) is 0 Å². The van der Waals surface area contributed by atoms with Crippen LogP contribution < -0.4 is 0 Å². The van der Waals surface area contributed by atoms with Crippen molar-refractivity contribution in [3.05, 3.63) is 12.2 Å². The van der Waals surface area contributed by atoms with Gasteiger partial charge in [0.05, 0.1) is 0 Å². The van der Waals surface area contributed by atoms with Crippen LogP contribution in [-0.4, -0.2) is 0 Å². The monoisotopic (exact) mass is 196 g/mol. The minimum Gasteiger partial charge on any atom is -0.100 e. The highest BCUT2D eigenvalue weighted by atomic mass is 14.1. The van der Waals surface area contributed by atoms with Crippen LogP contribution in [0, 0.1) is 11.8 Å². The normalized spacial score (nSPS) is 15.1. The van der Waals surface area contributed by atoms with E-state index in [-0.39, 0.29) is 0 Å². The molecule has 0 aliphatic carbocycles. The largest absolute Gasteiger partial charge is 0.100 e. The van der Waals surface area contributed by atoms with Crippen molar-refractivity contribution in [3.63, 3.8) is 0 Å². The van der Waals surface area contributed by atoms with Crippen molar-refractivity contribution in [2.75, 3.05) is 0 Å². The summed E-state index contributed by atoms with van der Waals surface area (Å²) < 4.78 is 0. The van der Waals surface area contributed by atoms with Crippen LogP contribution in [0.4, 0.5) is 0 Å². The molecule has 0 aromatic rings. The van der Waals surface area contributed by atoms with Crippen LogP contribution >= 0.6 is 0 Å². The molecule has 0 radical (unpaired) electrons. The Morgan fingerprint density at radius 1 is 1.07 bits per heavy atom. The smallest absolute Gasteiger partial charge is 0.0323 e. The quantitative estimate of drug-likeness (QED) is 0.468. The van der Waals surface area contributed by atoms with Gasteiger partial charge in [0.2, 0.25) is 0 Å². The summed E-state index contributed by atoms with van der Waals surface area (Å²) in [6, 6.07) is 0. The van der Waals surface area contributed by atoms with Crippen molar-refractivity contribution in [2.24, 2.45) is 11.8 Å². The lowest BCUT2D eigenvalue weighted by atomic mass is 9.93. The second-order valence-corrected chi connectivity index (χ2v) is 5.05. The lowest BCUT2D eigenvalue weighted by Gasteiger charge is -2.13. The first-order valence-corrected chi connectivity index (χ1v) is 6.20. The number of rotatable bonds is 8. The molecule has 0 heterocycles. The molecule has 0 amide bonds. The van der Waals surface area contributed by atoms with E-state index in [0.29, 0.717) is 0 Å². The highest BCUT2D eigenvalue weighted by Crippen LogP contribution is 2.19. The van der Waals surface area contributed by atoms with Gasteiger partial charge in [0.15, 0.2) is 0 Å². The minimum atomic E-state index is 0.885. The zero-order valence-corrected chi connectivity index (χ0v) is 10.6. The maximum atomic E-state index is 3.95. The zero-order chi connectivity index (χ0) is 11.0. The van der Waals surface area contributed by atoms with Crippen LogP contribution in [0.1, 0.15) is 66.2 Å². The Balaban J connectivity index is 3.35. The Morgan fingerprint density at radius 2 is 1.64 bits per heavy atom. The van der Waals surface area contributed by atoms with Crippen molar-refractivity contribution in [2.45, 2.75) is 66.2 Å². The molecule has 14 heavy (non-hydrogen) atoms. The van der Waals surface area contributed by atoms with E-state index in [1.807, 2.05) is 0 Å². The maximum absolute atomic E-state index is 3.95. The van der Waals surface area contributed by atoms with Gasteiger partial charge < -0.3 is 0 Å². The van der Waals surface area contributed by atoms with Crippen LogP contribution in [0.2, 0.25) is 0 Å². The summed E-state index contributed by atoms with van der Waals surface area (Å²) in [6.07, 6.45) is 8.10. The lowest BCUT2D eigenvalue weighted by Crippen LogP contribution is -1.98. The van der Waals surface area contributed by atoms with Gasteiger partial charge >= 0.3 is 0 Å². The Bertz CT molecular complexity index is 146. The predicted molar refractivity (Wildman–Crippen MR) is 66.5 cm³/mol. The molecule has 0 nitrogen and oxygen atoms in total. The van der Waals surface area contributed by atoms with E-state index in [9.17, 15) is 0 Å². The summed E-state index contributed by atoms with van der Waals surface area (Å²) in [5.41, 5.74) is 1.33. The Hall–Kier alpha value is -0.260. The molecule has 0 saturated heterocycles. The van der Waals surface area contributed by atoms with E-state index in [1.165, 1.54) is 44.1 Å². The molecule has 0 fully saturated rings. The van der Waals surface area contributed by atoms with Crippen LogP contribution in [-0.2, 0) is 0 Å². The summed E-state index contributed by atoms with van der Waals surface area (Å²) in [5.74, 6) is 1.80. The molecule has 0 bridgehead atoms. The van der Waals surface area contributed by atoms with Gasteiger partial charge in [-0.3, -0.25) is 0 Å². The molecule has 0 aromatic heterocycles. The van der Waals surface area contributed by atoms with Gasteiger partial charge in [-0.05, 0) is 31.6 Å². The van der Waals surface area contributed by atoms with E-state index in [0.717, 1.165) is 11.8 Å². The molecule has 0 heteroatoms. The third kappa shape index (κ3) is 8.34. The Kier molecular flexibility index (Phi) is 7.93. The Labute approximate surface area is 90.8 Å². The van der Waals surface area contributed by atoms with Gasteiger partial charge in [-0.25, -0.2) is 0 Å².